The van der Waals surface area contributed by atoms with E-state index in [0.717, 1.165) is 39.4 Å². The van der Waals surface area contributed by atoms with E-state index in [1.165, 1.54) is 6.26 Å². The third-order valence-corrected chi connectivity index (χ3v) is 6.78. The van der Waals surface area contributed by atoms with Crippen molar-refractivity contribution in [2.75, 3.05) is 25.2 Å². The quantitative estimate of drug-likeness (QED) is 0.361. The lowest BCUT2D eigenvalue weighted by Crippen LogP contribution is -2.06. The molecule has 0 saturated heterocycles. The van der Waals surface area contributed by atoms with Crippen LogP contribution in [0.5, 0.6) is 5.75 Å². The summed E-state index contributed by atoms with van der Waals surface area (Å²) in [6.07, 6.45) is 4.05. The highest BCUT2D eigenvalue weighted by Crippen LogP contribution is 2.28. The lowest BCUT2D eigenvalue weighted by atomic mass is 10.1. The molecule has 1 aromatic heterocycles. The predicted octanol–water partition coefficient (Wildman–Crippen LogP) is 5.44. The van der Waals surface area contributed by atoms with Gasteiger partial charge in [-0.2, -0.15) is 5.10 Å². The Labute approximate surface area is 193 Å². The Kier molecular flexibility index (Phi) is 6.39. The van der Waals surface area contributed by atoms with Gasteiger partial charge in [0, 0.05) is 35.1 Å². The molecule has 8 heteroatoms. The second-order valence-electron chi connectivity index (χ2n) is 7.69. The van der Waals surface area contributed by atoms with Crippen LogP contribution in [-0.4, -0.2) is 33.9 Å². The molecule has 0 bridgehead atoms. The summed E-state index contributed by atoms with van der Waals surface area (Å²) in [7, 11) is -1.30. The van der Waals surface area contributed by atoms with Crippen LogP contribution < -0.4 is 10.1 Å². The van der Waals surface area contributed by atoms with Gasteiger partial charge in [-0.05, 0) is 47.9 Å². The molecule has 4 rings (SSSR count). The third kappa shape index (κ3) is 5.06. The van der Waals surface area contributed by atoms with Crippen LogP contribution >= 0.6 is 11.6 Å². The summed E-state index contributed by atoms with van der Waals surface area (Å²) in [5.41, 5.74) is 3.63. The lowest BCUT2D eigenvalue weighted by Gasteiger charge is -2.10. The van der Waals surface area contributed by atoms with Crippen LogP contribution in [-0.2, 0) is 22.7 Å². The van der Waals surface area contributed by atoms with Crippen LogP contribution in [0.4, 0.5) is 5.69 Å². The number of hydrogen-bond acceptors (Lipinski definition) is 5. The van der Waals surface area contributed by atoms with Crippen LogP contribution in [0.3, 0.4) is 0 Å². The molecule has 2 N–H and O–H groups in total. The Bertz CT molecular complexity index is 1350. The Morgan fingerprint density at radius 3 is 2.59 bits per heavy atom. The van der Waals surface area contributed by atoms with Crippen LogP contribution in [0.2, 0.25) is 5.02 Å². The van der Waals surface area contributed by atoms with Crippen molar-refractivity contribution in [3.05, 3.63) is 83.0 Å². The van der Waals surface area contributed by atoms with E-state index in [-0.39, 0.29) is 0 Å². The molecule has 0 spiro atoms. The van der Waals surface area contributed by atoms with Crippen LogP contribution in [0.25, 0.3) is 10.9 Å². The molecule has 0 radical (unpaired) electrons. The van der Waals surface area contributed by atoms with Gasteiger partial charge in [-0.3, -0.25) is 4.68 Å². The highest BCUT2D eigenvalue weighted by Gasteiger charge is 2.15. The molecule has 3 aromatic carbocycles. The first-order valence-corrected chi connectivity index (χ1v) is 12.5. The number of methoxy groups -OCH3 is 1. The molecule has 0 saturated carbocycles. The minimum absolute atomic E-state index is 0.483. The number of nitrogens with one attached hydrogen (secondary N) is 2. The minimum atomic E-state index is -2.94. The molecule has 1 atom stereocenters. The van der Waals surface area contributed by atoms with Gasteiger partial charge in [0.25, 0.3) is 0 Å². The third-order valence-electron chi connectivity index (χ3n) is 5.24. The zero-order chi connectivity index (χ0) is 22.7. The fourth-order valence-electron chi connectivity index (χ4n) is 3.61. The summed E-state index contributed by atoms with van der Waals surface area (Å²) in [5, 5.41) is 9.52. The molecular weight excluding hydrogens is 444 g/mol. The van der Waals surface area contributed by atoms with Crippen molar-refractivity contribution in [3.8, 4) is 5.75 Å². The van der Waals surface area contributed by atoms with E-state index >= 15 is 0 Å². The summed E-state index contributed by atoms with van der Waals surface area (Å²) < 4.78 is 27.9. The minimum Gasteiger partial charge on any atom is -0.497 e. The lowest BCUT2D eigenvalue weighted by molar-refractivity contribution is 0.414. The fraction of sp³-hybridized carbons (Fsp3) is 0.208. The predicted molar refractivity (Wildman–Crippen MR) is 131 cm³/mol. The number of benzene rings is 3. The van der Waals surface area contributed by atoms with E-state index in [9.17, 15) is 4.21 Å². The van der Waals surface area contributed by atoms with Crippen molar-refractivity contribution in [3.63, 3.8) is 0 Å². The van der Waals surface area contributed by atoms with E-state index in [2.05, 4.69) is 10.4 Å². The molecule has 0 amide bonds. The molecule has 1 heterocycles. The maximum atomic E-state index is 12.7. The number of ether oxygens (including phenoxy) is 1. The van der Waals surface area contributed by atoms with Gasteiger partial charge in [0.15, 0.2) is 0 Å². The zero-order valence-corrected chi connectivity index (χ0v) is 19.5. The summed E-state index contributed by atoms with van der Waals surface area (Å²) >= 11 is 6.25. The number of hydrogen-bond donors (Lipinski definition) is 2. The molecule has 0 aliphatic carbocycles. The summed E-state index contributed by atoms with van der Waals surface area (Å²) in [5.74, 6) is 0.800. The molecule has 4 aromatic rings. The molecule has 32 heavy (non-hydrogen) atoms. The Hall–Kier alpha value is -3.03. The first-order chi connectivity index (χ1) is 15.3. The van der Waals surface area contributed by atoms with E-state index in [0.29, 0.717) is 23.5 Å². The molecule has 1 unspecified atom stereocenters. The number of fused-ring (bicyclic) bond motifs is 1. The van der Waals surface area contributed by atoms with Crippen molar-refractivity contribution in [1.82, 2.24) is 9.78 Å². The Balaban J connectivity index is 1.59. The Morgan fingerprint density at radius 1 is 1.16 bits per heavy atom. The summed E-state index contributed by atoms with van der Waals surface area (Å²) in [6, 6.07) is 19.3. The van der Waals surface area contributed by atoms with Gasteiger partial charge in [0.05, 0.1) is 33.8 Å². The molecule has 0 fully saturated rings. The number of aromatic nitrogens is 2. The SMILES string of the molecule is COc1ccc(Cn2cc3c(S(C)(=N)=O)cc(NCCc4ccccc4Cl)cc3n2)cc1. The maximum absolute atomic E-state index is 12.7. The average molecular weight is 469 g/mol. The van der Waals surface area contributed by atoms with E-state index < -0.39 is 9.73 Å². The average Bonchev–Trinajstić information content (AvgIpc) is 3.16. The number of nitrogens with zero attached hydrogens (tertiary/aromatic N) is 2. The van der Waals surface area contributed by atoms with Gasteiger partial charge in [-0.25, -0.2) is 8.99 Å². The molecule has 6 nitrogen and oxygen atoms in total. The topological polar surface area (TPSA) is 80.0 Å². The molecular formula is C24H25ClN4O2S. The molecule has 166 valence electrons. The van der Waals surface area contributed by atoms with Gasteiger partial charge in [0.1, 0.15) is 5.75 Å². The largest absolute Gasteiger partial charge is 0.497 e. The number of rotatable bonds is 8. The van der Waals surface area contributed by atoms with Gasteiger partial charge >= 0.3 is 0 Å². The smallest absolute Gasteiger partial charge is 0.118 e. The van der Waals surface area contributed by atoms with Crippen LogP contribution in [0.15, 0.2) is 71.8 Å². The summed E-state index contributed by atoms with van der Waals surface area (Å²) in [6.45, 7) is 1.22. The van der Waals surface area contributed by atoms with Crippen molar-refractivity contribution in [1.29, 1.82) is 4.78 Å². The summed E-state index contributed by atoms with van der Waals surface area (Å²) in [4.78, 5) is 0.483. The van der Waals surface area contributed by atoms with Gasteiger partial charge in [-0.1, -0.05) is 41.9 Å². The number of anilines is 1. The van der Waals surface area contributed by atoms with E-state index in [4.69, 9.17) is 21.1 Å². The normalized spacial score (nSPS) is 13.1. The second-order valence-corrected chi connectivity index (χ2v) is 10.2. The highest BCUT2D eigenvalue weighted by atomic mass is 35.5. The van der Waals surface area contributed by atoms with Gasteiger partial charge in [0.2, 0.25) is 0 Å². The number of halogens is 1. The van der Waals surface area contributed by atoms with E-state index in [1.54, 1.807) is 13.2 Å². The molecule has 0 aliphatic heterocycles. The van der Waals surface area contributed by atoms with Crippen molar-refractivity contribution in [2.45, 2.75) is 17.9 Å². The monoisotopic (exact) mass is 468 g/mol. The van der Waals surface area contributed by atoms with Crippen molar-refractivity contribution >= 4 is 37.9 Å². The van der Waals surface area contributed by atoms with Gasteiger partial charge < -0.3 is 10.1 Å². The fourth-order valence-corrected chi connectivity index (χ4v) is 4.77. The first-order valence-electron chi connectivity index (χ1n) is 10.2. The van der Waals surface area contributed by atoms with Crippen molar-refractivity contribution < 1.29 is 8.95 Å². The van der Waals surface area contributed by atoms with E-state index in [1.807, 2.05) is 65.5 Å². The standard InChI is InChI=1S/C24H25ClN4O2S/c1-31-20-9-7-17(8-10-20)15-29-16-21-23(28-29)13-19(14-24(21)32(2,26)30)27-12-11-18-5-3-4-6-22(18)25/h3-10,13-14,16,26-27H,11-12,15H2,1-2H3. The van der Waals surface area contributed by atoms with Crippen LogP contribution in [0.1, 0.15) is 11.1 Å². The zero-order valence-electron chi connectivity index (χ0n) is 18.0. The van der Waals surface area contributed by atoms with Crippen molar-refractivity contribution in [2.24, 2.45) is 0 Å². The highest BCUT2D eigenvalue weighted by molar-refractivity contribution is 7.92. The van der Waals surface area contributed by atoms with Crippen LogP contribution in [0, 0.1) is 4.78 Å². The Morgan fingerprint density at radius 2 is 1.91 bits per heavy atom. The molecule has 0 aliphatic rings. The maximum Gasteiger partial charge on any atom is 0.118 e. The van der Waals surface area contributed by atoms with Gasteiger partial charge in [-0.15, -0.1) is 0 Å². The first kappa shape index (κ1) is 22.2. The second kappa shape index (κ2) is 9.22.